The van der Waals surface area contributed by atoms with Crippen LogP contribution in [0.2, 0.25) is 0 Å². The van der Waals surface area contributed by atoms with Crippen LogP contribution in [-0.2, 0) is 27.5 Å². The highest BCUT2D eigenvalue weighted by Gasteiger charge is 2.52. The Balaban J connectivity index is 1.27. The molecule has 8 nitrogen and oxygen atoms in total. The van der Waals surface area contributed by atoms with E-state index in [2.05, 4.69) is 5.32 Å². The van der Waals surface area contributed by atoms with Gasteiger partial charge in [-0.15, -0.1) is 0 Å². The molecular weight excluding hydrogens is 492 g/mol. The summed E-state index contributed by atoms with van der Waals surface area (Å²) in [6.45, 7) is 3.93. The van der Waals surface area contributed by atoms with E-state index in [1.54, 1.807) is 11.8 Å². The van der Waals surface area contributed by atoms with Gasteiger partial charge in [-0.25, -0.2) is 4.79 Å². The highest BCUT2D eigenvalue weighted by atomic mass is 16.7. The summed E-state index contributed by atoms with van der Waals surface area (Å²) in [7, 11) is 0. The van der Waals surface area contributed by atoms with E-state index in [1.165, 1.54) is 9.96 Å². The van der Waals surface area contributed by atoms with Crippen molar-refractivity contribution in [3.05, 3.63) is 96.1 Å². The molecule has 0 saturated carbocycles. The molecule has 198 valence electrons. The molecule has 0 spiro atoms. The van der Waals surface area contributed by atoms with Crippen LogP contribution in [0.25, 0.3) is 21.5 Å². The Bertz CT molecular complexity index is 1580. The molecule has 2 heterocycles. The molecule has 2 aliphatic rings. The molecule has 0 radical (unpaired) electrons. The summed E-state index contributed by atoms with van der Waals surface area (Å²) in [5, 5.41) is 8.50. The fourth-order valence-electron chi connectivity index (χ4n) is 5.84. The molecule has 39 heavy (non-hydrogen) atoms. The molecule has 2 fully saturated rings. The standard InChI is InChI=1S/C31H30N4O4/c1-20-29-34(21(2)30(37)33(20)18-25-14-8-12-23-10-4-6-16-27(23)25)28(36)19-39-35(29)31(38)32-17-24-13-7-11-22-9-3-5-15-26(22)24/h3-16,20-21,29H,17-19H2,1-2H3,(H,32,38)/t20-,21-,29-/m0/s1. The van der Waals surface area contributed by atoms with Gasteiger partial charge in [-0.1, -0.05) is 84.9 Å². The zero-order valence-electron chi connectivity index (χ0n) is 21.9. The monoisotopic (exact) mass is 522 g/mol. The number of nitrogens with zero attached hydrogens (tertiary/aromatic N) is 3. The summed E-state index contributed by atoms with van der Waals surface area (Å²) < 4.78 is 0. The average molecular weight is 523 g/mol. The van der Waals surface area contributed by atoms with E-state index in [4.69, 9.17) is 4.84 Å². The number of carbonyl (C=O) groups excluding carboxylic acids is 3. The van der Waals surface area contributed by atoms with Crippen LogP contribution in [0, 0.1) is 0 Å². The van der Waals surface area contributed by atoms with Crippen molar-refractivity contribution in [3.63, 3.8) is 0 Å². The molecule has 0 bridgehead atoms. The Labute approximate surface area is 226 Å². The third-order valence-electron chi connectivity index (χ3n) is 7.85. The van der Waals surface area contributed by atoms with Crippen molar-refractivity contribution < 1.29 is 19.2 Å². The minimum Gasteiger partial charge on any atom is -0.332 e. The number of urea groups is 1. The number of hydrogen-bond acceptors (Lipinski definition) is 4. The molecule has 6 rings (SSSR count). The molecular formula is C31H30N4O4. The Morgan fingerprint density at radius 1 is 0.846 bits per heavy atom. The van der Waals surface area contributed by atoms with Crippen LogP contribution in [0.4, 0.5) is 4.79 Å². The van der Waals surface area contributed by atoms with Crippen LogP contribution in [0.1, 0.15) is 25.0 Å². The lowest BCUT2D eigenvalue weighted by molar-refractivity contribution is -0.244. The van der Waals surface area contributed by atoms with Gasteiger partial charge >= 0.3 is 6.03 Å². The molecule has 0 unspecified atom stereocenters. The van der Waals surface area contributed by atoms with E-state index >= 15 is 0 Å². The summed E-state index contributed by atoms with van der Waals surface area (Å²) in [5.41, 5.74) is 1.98. The van der Waals surface area contributed by atoms with E-state index in [1.807, 2.05) is 91.9 Å². The molecule has 2 aliphatic heterocycles. The van der Waals surface area contributed by atoms with Gasteiger partial charge in [0.15, 0.2) is 12.8 Å². The molecule has 4 aromatic carbocycles. The van der Waals surface area contributed by atoms with Crippen molar-refractivity contribution in [2.24, 2.45) is 0 Å². The molecule has 8 heteroatoms. The summed E-state index contributed by atoms with van der Waals surface area (Å²) >= 11 is 0. The van der Waals surface area contributed by atoms with Crippen molar-refractivity contribution in [2.75, 3.05) is 6.61 Å². The van der Waals surface area contributed by atoms with Gasteiger partial charge < -0.3 is 15.1 Å². The topological polar surface area (TPSA) is 82.2 Å². The number of hydrogen-bond donors (Lipinski definition) is 1. The first kappa shape index (κ1) is 24.9. The van der Waals surface area contributed by atoms with Crippen LogP contribution in [0.5, 0.6) is 0 Å². The lowest BCUT2D eigenvalue weighted by Gasteiger charge is -2.53. The van der Waals surface area contributed by atoms with Gasteiger partial charge in [0, 0.05) is 13.1 Å². The van der Waals surface area contributed by atoms with Crippen molar-refractivity contribution >= 4 is 39.4 Å². The maximum Gasteiger partial charge on any atom is 0.343 e. The van der Waals surface area contributed by atoms with E-state index < -0.39 is 24.3 Å². The zero-order chi connectivity index (χ0) is 27.1. The molecule has 2 saturated heterocycles. The maximum atomic E-state index is 13.6. The van der Waals surface area contributed by atoms with Gasteiger partial charge in [-0.2, -0.15) is 5.06 Å². The number of benzene rings is 4. The molecule has 4 aromatic rings. The maximum absolute atomic E-state index is 13.6. The molecule has 3 atom stereocenters. The summed E-state index contributed by atoms with van der Waals surface area (Å²) in [4.78, 5) is 48.9. The molecule has 0 aliphatic carbocycles. The fraction of sp³-hybridized carbons (Fsp3) is 0.258. The summed E-state index contributed by atoms with van der Waals surface area (Å²) in [5.74, 6) is -0.464. The van der Waals surface area contributed by atoms with Crippen molar-refractivity contribution in [2.45, 2.75) is 45.2 Å². The molecule has 4 amide bonds. The summed E-state index contributed by atoms with van der Waals surface area (Å²) in [6, 6.07) is 26.4. The average Bonchev–Trinajstić information content (AvgIpc) is 2.96. The lowest BCUT2D eigenvalue weighted by Crippen LogP contribution is -2.74. The van der Waals surface area contributed by atoms with Gasteiger partial charge in [-0.05, 0) is 46.5 Å². The van der Waals surface area contributed by atoms with Crippen LogP contribution in [0.3, 0.4) is 0 Å². The van der Waals surface area contributed by atoms with E-state index in [-0.39, 0.29) is 18.4 Å². The quantitative estimate of drug-likeness (QED) is 0.430. The highest BCUT2D eigenvalue weighted by molar-refractivity contribution is 5.92. The zero-order valence-corrected chi connectivity index (χ0v) is 21.9. The van der Waals surface area contributed by atoms with Crippen molar-refractivity contribution in [1.82, 2.24) is 20.2 Å². The van der Waals surface area contributed by atoms with E-state index in [0.29, 0.717) is 13.1 Å². The smallest absolute Gasteiger partial charge is 0.332 e. The predicted octanol–water partition coefficient (Wildman–Crippen LogP) is 4.42. The van der Waals surface area contributed by atoms with Crippen LogP contribution in [0.15, 0.2) is 84.9 Å². The SMILES string of the molecule is C[C@H]1[C@@H]2N(C(=O)NCc3cccc4ccccc34)OCC(=O)N2[C@@H](C)C(=O)N1Cc1cccc2ccccc12. The normalized spacial score (nSPS) is 21.4. The van der Waals surface area contributed by atoms with Gasteiger partial charge in [0.25, 0.3) is 5.91 Å². The van der Waals surface area contributed by atoms with Crippen molar-refractivity contribution in [3.8, 4) is 0 Å². The van der Waals surface area contributed by atoms with Crippen LogP contribution < -0.4 is 5.32 Å². The van der Waals surface area contributed by atoms with Crippen molar-refractivity contribution in [1.29, 1.82) is 0 Å². The number of hydroxylamine groups is 2. The first-order chi connectivity index (χ1) is 18.9. The van der Waals surface area contributed by atoms with Gasteiger partial charge in [0.2, 0.25) is 5.91 Å². The second-order valence-electron chi connectivity index (χ2n) is 10.1. The Hall–Kier alpha value is -4.43. The van der Waals surface area contributed by atoms with Gasteiger partial charge in [-0.3, -0.25) is 14.4 Å². The lowest BCUT2D eigenvalue weighted by atomic mass is 9.99. The number of piperazine rings is 1. The minimum absolute atomic E-state index is 0.155. The Kier molecular flexibility index (Phi) is 6.40. The minimum atomic E-state index is -0.763. The number of amides is 4. The Morgan fingerprint density at radius 3 is 2.13 bits per heavy atom. The predicted molar refractivity (Wildman–Crippen MR) is 148 cm³/mol. The van der Waals surface area contributed by atoms with Gasteiger partial charge in [0.1, 0.15) is 6.04 Å². The van der Waals surface area contributed by atoms with E-state index in [9.17, 15) is 14.4 Å². The summed E-state index contributed by atoms with van der Waals surface area (Å²) in [6.07, 6.45) is -0.763. The third-order valence-corrected chi connectivity index (χ3v) is 7.85. The van der Waals surface area contributed by atoms with E-state index in [0.717, 1.165) is 32.7 Å². The number of nitrogens with one attached hydrogen (secondary N) is 1. The number of carbonyl (C=O) groups is 3. The largest absolute Gasteiger partial charge is 0.343 e. The Morgan fingerprint density at radius 2 is 1.44 bits per heavy atom. The fourth-order valence-corrected chi connectivity index (χ4v) is 5.84. The van der Waals surface area contributed by atoms with Gasteiger partial charge in [0.05, 0.1) is 6.04 Å². The first-order valence-electron chi connectivity index (χ1n) is 13.2. The first-order valence-corrected chi connectivity index (χ1v) is 13.2. The second kappa shape index (κ2) is 10.0. The third kappa shape index (κ3) is 4.36. The second-order valence-corrected chi connectivity index (χ2v) is 10.1. The van der Waals surface area contributed by atoms with Crippen LogP contribution >= 0.6 is 0 Å². The molecule has 1 N–H and O–H groups in total. The van der Waals surface area contributed by atoms with Crippen LogP contribution in [-0.4, -0.2) is 57.6 Å². The number of fused-ring (bicyclic) bond motifs is 3. The highest BCUT2D eigenvalue weighted by Crippen LogP contribution is 2.31. The number of rotatable bonds is 4. The molecule has 0 aromatic heterocycles.